The Balaban J connectivity index is 1.43. The summed E-state index contributed by atoms with van der Waals surface area (Å²) in [4.78, 5) is 37.1. The maximum absolute atomic E-state index is 12.2. The van der Waals surface area contributed by atoms with E-state index in [1.54, 1.807) is 11.0 Å². The van der Waals surface area contributed by atoms with Gasteiger partial charge >= 0.3 is 12.0 Å². The number of nitrogens with zero attached hydrogens (tertiary/aromatic N) is 2. The molecule has 3 amide bonds. The van der Waals surface area contributed by atoms with E-state index in [0.29, 0.717) is 18.7 Å². The van der Waals surface area contributed by atoms with Gasteiger partial charge in [-0.1, -0.05) is 6.42 Å². The van der Waals surface area contributed by atoms with Gasteiger partial charge in [-0.2, -0.15) is 5.10 Å². The Hall–Kier alpha value is -2.58. The van der Waals surface area contributed by atoms with Gasteiger partial charge in [0.05, 0.1) is 5.41 Å². The number of hydrogen-bond acceptors (Lipinski definition) is 4. The lowest BCUT2D eigenvalue weighted by atomic mass is 9.81. The first-order valence-corrected chi connectivity index (χ1v) is 8.07. The third-order valence-corrected chi connectivity index (χ3v) is 5.02. The number of H-pyrrole nitrogens is 1. The minimum Gasteiger partial charge on any atom is -0.481 e. The average Bonchev–Trinajstić information content (AvgIpc) is 3.25. The molecule has 2 aliphatic rings. The minimum absolute atomic E-state index is 0.0424. The van der Waals surface area contributed by atoms with Crippen molar-refractivity contribution in [3.63, 3.8) is 0 Å². The van der Waals surface area contributed by atoms with Gasteiger partial charge in [-0.25, -0.2) is 4.79 Å². The molecule has 1 saturated carbocycles. The fourth-order valence-electron chi connectivity index (χ4n) is 3.73. The summed E-state index contributed by atoms with van der Waals surface area (Å²) < 4.78 is 0. The maximum atomic E-state index is 12.2. The first-order valence-electron chi connectivity index (χ1n) is 8.07. The van der Waals surface area contributed by atoms with Gasteiger partial charge in [-0.05, 0) is 24.8 Å². The van der Waals surface area contributed by atoms with Crippen LogP contribution in [-0.2, 0) is 4.79 Å². The smallest absolute Gasteiger partial charge is 0.317 e. The topological polar surface area (TPSA) is 127 Å². The Morgan fingerprint density at radius 3 is 2.83 bits per heavy atom. The first kappa shape index (κ1) is 16.3. The van der Waals surface area contributed by atoms with Crippen LogP contribution in [0.2, 0.25) is 0 Å². The van der Waals surface area contributed by atoms with Gasteiger partial charge in [0.2, 0.25) is 0 Å². The predicted octanol–water partition coefficient (Wildman–Crippen LogP) is 0.0358. The molecule has 130 valence electrons. The van der Waals surface area contributed by atoms with Gasteiger partial charge in [0.25, 0.3) is 5.91 Å². The van der Waals surface area contributed by atoms with E-state index < -0.39 is 11.4 Å². The zero-order valence-corrected chi connectivity index (χ0v) is 13.2. The molecule has 1 aliphatic carbocycles. The Labute approximate surface area is 138 Å². The largest absolute Gasteiger partial charge is 0.481 e. The summed E-state index contributed by atoms with van der Waals surface area (Å²) in [7, 11) is 0. The molecule has 1 saturated heterocycles. The van der Waals surface area contributed by atoms with Crippen LogP contribution in [0.5, 0.6) is 0 Å². The first-order chi connectivity index (χ1) is 11.5. The molecule has 0 radical (unpaired) electrons. The number of carboxylic acid groups (broad SMARTS) is 1. The quantitative estimate of drug-likeness (QED) is 0.565. The van der Waals surface area contributed by atoms with Crippen LogP contribution in [0.4, 0.5) is 4.79 Å². The Morgan fingerprint density at radius 2 is 2.17 bits per heavy atom. The number of aromatic nitrogens is 2. The number of carbonyl (C=O) groups excluding carboxylic acids is 2. The Kier molecular flexibility index (Phi) is 4.41. The highest BCUT2D eigenvalue weighted by Gasteiger charge is 2.55. The number of aliphatic carboxylic acids is 1. The van der Waals surface area contributed by atoms with E-state index >= 15 is 0 Å². The number of hydrogen-bond donors (Lipinski definition) is 4. The van der Waals surface area contributed by atoms with E-state index in [0.717, 1.165) is 12.8 Å². The van der Waals surface area contributed by atoms with Crippen LogP contribution in [0.25, 0.3) is 0 Å². The zero-order valence-electron chi connectivity index (χ0n) is 13.2. The van der Waals surface area contributed by atoms with Crippen LogP contribution in [0.3, 0.4) is 0 Å². The van der Waals surface area contributed by atoms with Crippen molar-refractivity contribution in [3.05, 3.63) is 18.0 Å². The molecule has 2 atom stereocenters. The number of amides is 3. The number of nitrogens with one attached hydrogen (secondary N) is 3. The standard InChI is InChI=1S/C15H21N5O4/c21-12(11-3-5-18-19-11)16-6-7-17-14(24)20-8-10-2-1-4-15(10,9-20)13(22)23/h3,5,10H,1-2,4,6-9H2,(H,16,21)(H,17,24)(H,18,19)(H,22,23)/t10-,15+/m0/s1. The molecule has 1 aromatic heterocycles. The highest BCUT2D eigenvalue weighted by molar-refractivity contribution is 5.92. The Bertz CT molecular complexity index is 632. The van der Waals surface area contributed by atoms with E-state index in [2.05, 4.69) is 20.8 Å². The molecule has 3 rings (SSSR count). The third kappa shape index (κ3) is 2.93. The van der Waals surface area contributed by atoms with Crippen LogP contribution in [0.15, 0.2) is 12.3 Å². The summed E-state index contributed by atoms with van der Waals surface area (Å²) in [6.45, 7) is 1.31. The summed E-state index contributed by atoms with van der Waals surface area (Å²) in [5, 5.41) is 21.2. The van der Waals surface area contributed by atoms with Crippen LogP contribution in [0, 0.1) is 11.3 Å². The van der Waals surface area contributed by atoms with Crippen molar-refractivity contribution >= 4 is 17.9 Å². The zero-order chi connectivity index (χ0) is 17.2. The van der Waals surface area contributed by atoms with E-state index in [9.17, 15) is 19.5 Å². The van der Waals surface area contributed by atoms with Crippen molar-refractivity contribution in [1.29, 1.82) is 0 Å². The monoisotopic (exact) mass is 335 g/mol. The van der Waals surface area contributed by atoms with Gasteiger partial charge in [0.1, 0.15) is 5.69 Å². The maximum Gasteiger partial charge on any atom is 0.317 e. The molecular formula is C15H21N5O4. The minimum atomic E-state index is -0.799. The van der Waals surface area contributed by atoms with Crippen molar-refractivity contribution < 1.29 is 19.5 Å². The number of aromatic amines is 1. The molecule has 2 fully saturated rings. The number of rotatable bonds is 5. The molecule has 0 unspecified atom stereocenters. The van der Waals surface area contributed by atoms with Crippen molar-refractivity contribution in [3.8, 4) is 0 Å². The lowest BCUT2D eigenvalue weighted by molar-refractivity contribution is -0.149. The highest BCUT2D eigenvalue weighted by Crippen LogP contribution is 2.48. The SMILES string of the molecule is O=C(NCCNC(=O)N1C[C@@H]2CCC[C@@]2(C(=O)O)C1)c1ccn[nH]1. The predicted molar refractivity (Wildman–Crippen MR) is 83.3 cm³/mol. The fourth-order valence-corrected chi connectivity index (χ4v) is 3.73. The second-order valence-electron chi connectivity index (χ2n) is 6.39. The van der Waals surface area contributed by atoms with Crippen LogP contribution in [0.1, 0.15) is 29.8 Å². The van der Waals surface area contributed by atoms with Crippen molar-refractivity contribution in [1.82, 2.24) is 25.7 Å². The average molecular weight is 335 g/mol. The van der Waals surface area contributed by atoms with E-state index in [1.165, 1.54) is 6.20 Å². The van der Waals surface area contributed by atoms with Crippen molar-refractivity contribution in [2.24, 2.45) is 11.3 Å². The normalized spacial score (nSPS) is 25.3. The lowest BCUT2D eigenvalue weighted by Crippen LogP contribution is -2.44. The number of carboxylic acids is 1. The summed E-state index contributed by atoms with van der Waals surface area (Å²) in [6.07, 6.45) is 3.89. The number of carbonyl (C=O) groups is 3. The van der Waals surface area contributed by atoms with E-state index in [1.807, 2.05) is 0 Å². The summed E-state index contributed by atoms with van der Waals surface area (Å²) in [5.74, 6) is -1.05. The fraction of sp³-hybridized carbons (Fsp3) is 0.600. The molecular weight excluding hydrogens is 314 g/mol. The van der Waals surface area contributed by atoms with Gasteiger partial charge in [-0.15, -0.1) is 0 Å². The molecule has 0 aromatic carbocycles. The molecule has 0 spiro atoms. The molecule has 1 aromatic rings. The second kappa shape index (κ2) is 6.50. The van der Waals surface area contributed by atoms with Gasteiger partial charge in [0, 0.05) is 32.4 Å². The molecule has 9 heteroatoms. The summed E-state index contributed by atoms with van der Waals surface area (Å²) in [6, 6.07) is 1.28. The molecule has 2 heterocycles. The highest BCUT2D eigenvalue weighted by atomic mass is 16.4. The van der Waals surface area contributed by atoms with Gasteiger partial charge in [0.15, 0.2) is 0 Å². The molecule has 9 nitrogen and oxygen atoms in total. The molecule has 24 heavy (non-hydrogen) atoms. The molecule has 0 bridgehead atoms. The van der Waals surface area contributed by atoms with Crippen molar-refractivity contribution in [2.75, 3.05) is 26.2 Å². The van der Waals surface area contributed by atoms with Crippen molar-refractivity contribution in [2.45, 2.75) is 19.3 Å². The number of likely N-dealkylation sites (tertiary alicyclic amines) is 1. The lowest BCUT2D eigenvalue weighted by Gasteiger charge is -2.23. The summed E-state index contributed by atoms with van der Waals surface area (Å²) >= 11 is 0. The number of urea groups is 1. The van der Waals surface area contributed by atoms with Gasteiger partial charge in [-0.3, -0.25) is 14.7 Å². The molecule has 1 aliphatic heterocycles. The number of fused-ring (bicyclic) bond motifs is 1. The third-order valence-electron chi connectivity index (χ3n) is 5.02. The van der Waals surface area contributed by atoms with E-state index in [4.69, 9.17) is 0 Å². The summed E-state index contributed by atoms with van der Waals surface area (Å²) in [5.41, 5.74) is -0.413. The van der Waals surface area contributed by atoms with Gasteiger partial charge < -0.3 is 20.6 Å². The van der Waals surface area contributed by atoms with Crippen LogP contribution >= 0.6 is 0 Å². The van der Waals surface area contributed by atoms with Crippen LogP contribution in [-0.4, -0.2) is 64.3 Å². The molecule has 4 N–H and O–H groups in total. The Morgan fingerprint density at radius 1 is 1.38 bits per heavy atom. The van der Waals surface area contributed by atoms with E-state index in [-0.39, 0.29) is 37.5 Å². The second-order valence-corrected chi connectivity index (χ2v) is 6.39. The van der Waals surface area contributed by atoms with Crippen LogP contribution < -0.4 is 10.6 Å².